The third-order valence-corrected chi connectivity index (χ3v) is 2.30. The van der Waals surface area contributed by atoms with Crippen molar-refractivity contribution in [1.29, 1.82) is 0 Å². The fraction of sp³-hybridized carbons (Fsp3) is 0.750. The van der Waals surface area contributed by atoms with Crippen molar-refractivity contribution in [3.8, 4) is 0 Å². The Morgan fingerprint density at radius 1 is 1.50 bits per heavy atom. The molecule has 0 amide bonds. The van der Waals surface area contributed by atoms with Crippen LogP contribution < -0.4 is 5.73 Å². The van der Waals surface area contributed by atoms with Gasteiger partial charge in [0.25, 0.3) is 0 Å². The number of hydrogen-bond donors (Lipinski definition) is 1. The van der Waals surface area contributed by atoms with Crippen LogP contribution in [0.1, 0.15) is 31.0 Å². The van der Waals surface area contributed by atoms with Crippen LogP contribution in [0.25, 0.3) is 0 Å². The number of hydrogen-bond acceptors (Lipinski definition) is 4. The van der Waals surface area contributed by atoms with Crippen LogP contribution in [-0.2, 0) is 6.42 Å². The molecule has 0 unspecified atom stereocenters. The third kappa shape index (κ3) is 1.64. The topological polar surface area (TPSA) is 64.9 Å². The smallest absolute Gasteiger partial charge is 0.216 e. The minimum absolute atomic E-state index is 0.0857. The molecule has 0 spiro atoms. The zero-order chi connectivity index (χ0) is 8.60. The van der Waals surface area contributed by atoms with E-state index in [2.05, 4.69) is 10.2 Å². The third-order valence-electron chi connectivity index (χ3n) is 2.30. The van der Waals surface area contributed by atoms with E-state index < -0.39 is 0 Å². The van der Waals surface area contributed by atoms with E-state index in [0.717, 1.165) is 25.7 Å². The number of rotatable bonds is 3. The fourth-order valence-corrected chi connectivity index (χ4v) is 1.20. The molecular formula is C8H13N3O. The molecular weight excluding hydrogens is 154 g/mol. The number of nitrogens with zero attached hydrogens (tertiary/aromatic N) is 2. The van der Waals surface area contributed by atoms with Crippen molar-refractivity contribution >= 4 is 0 Å². The van der Waals surface area contributed by atoms with E-state index in [4.69, 9.17) is 10.2 Å². The Labute approximate surface area is 71.2 Å². The molecule has 0 bridgehead atoms. The summed E-state index contributed by atoms with van der Waals surface area (Å²) in [6, 6.07) is 0. The van der Waals surface area contributed by atoms with Crippen LogP contribution in [0, 0.1) is 6.92 Å². The quantitative estimate of drug-likeness (QED) is 0.723. The molecule has 1 aromatic rings. The highest BCUT2D eigenvalue weighted by Crippen LogP contribution is 2.36. The monoisotopic (exact) mass is 167 g/mol. The molecule has 0 radical (unpaired) electrons. The first-order chi connectivity index (χ1) is 5.68. The summed E-state index contributed by atoms with van der Waals surface area (Å²) < 4.78 is 5.23. The Kier molecular flexibility index (Phi) is 1.65. The van der Waals surface area contributed by atoms with Crippen LogP contribution in [-0.4, -0.2) is 15.7 Å². The maximum Gasteiger partial charge on any atom is 0.216 e. The number of aromatic nitrogens is 2. The summed E-state index contributed by atoms with van der Waals surface area (Å²) in [7, 11) is 0. The minimum atomic E-state index is 0.0857. The molecule has 0 aliphatic heterocycles. The summed E-state index contributed by atoms with van der Waals surface area (Å²) in [4.78, 5) is 0. The van der Waals surface area contributed by atoms with Crippen molar-refractivity contribution < 1.29 is 4.42 Å². The van der Waals surface area contributed by atoms with Gasteiger partial charge in [0, 0.05) is 18.9 Å². The first-order valence-corrected chi connectivity index (χ1v) is 4.26. The van der Waals surface area contributed by atoms with E-state index in [1.165, 1.54) is 0 Å². The molecule has 0 aromatic carbocycles. The molecule has 1 aliphatic rings. The molecule has 0 atom stereocenters. The van der Waals surface area contributed by atoms with Gasteiger partial charge in [0.2, 0.25) is 11.8 Å². The van der Waals surface area contributed by atoms with Gasteiger partial charge in [-0.2, -0.15) is 0 Å². The first-order valence-electron chi connectivity index (χ1n) is 4.26. The largest absolute Gasteiger partial charge is 0.426 e. The van der Waals surface area contributed by atoms with Crippen molar-refractivity contribution in [3.63, 3.8) is 0 Å². The van der Waals surface area contributed by atoms with Gasteiger partial charge in [0.15, 0.2) is 0 Å². The van der Waals surface area contributed by atoms with Crippen LogP contribution >= 0.6 is 0 Å². The Hall–Kier alpha value is -0.900. The lowest BCUT2D eigenvalue weighted by atomic mass is 10.1. The Morgan fingerprint density at radius 3 is 2.75 bits per heavy atom. The van der Waals surface area contributed by atoms with E-state index in [9.17, 15) is 0 Å². The number of nitrogens with two attached hydrogens (primary N) is 1. The lowest BCUT2D eigenvalue weighted by molar-refractivity contribution is 0.447. The predicted octanol–water partition coefficient (Wildman–Crippen LogP) is 0.802. The van der Waals surface area contributed by atoms with E-state index in [1.54, 1.807) is 6.92 Å². The molecule has 66 valence electrons. The van der Waals surface area contributed by atoms with E-state index in [1.807, 2.05) is 0 Å². The molecule has 12 heavy (non-hydrogen) atoms. The van der Waals surface area contributed by atoms with Crippen molar-refractivity contribution in [2.75, 3.05) is 0 Å². The van der Waals surface area contributed by atoms with Crippen molar-refractivity contribution in [2.24, 2.45) is 5.73 Å². The van der Waals surface area contributed by atoms with E-state index in [0.29, 0.717) is 11.8 Å². The molecule has 1 aliphatic carbocycles. The lowest BCUT2D eigenvalue weighted by Crippen LogP contribution is -2.22. The van der Waals surface area contributed by atoms with Gasteiger partial charge in [-0.25, -0.2) is 0 Å². The van der Waals surface area contributed by atoms with E-state index in [-0.39, 0.29) is 5.54 Å². The number of aryl methyl sites for hydroxylation is 2. The second-order valence-electron chi connectivity index (χ2n) is 3.58. The van der Waals surface area contributed by atoms with Gasteiger partial charge in [0.1, 0.15) is 0 Å². The molecule has 2 N–H and O–H groups in total. The molecule has 1 saturated carbocycles. The predicted molar refractivity (Wildman–Crippen MR) is 43.5 cm³/mol. The highest BCUT2D eigenvalue weighted by atomic mass is 16.4. The van der Waals surface area contributed by atoms with E-state index >= 15 is 0 Å². The summed E-state index contributed by atoms with van der Waals surface area (Å²) in [6.45, 7) is 1.80. The van der Waals surface area contributed by atoms with Crippen LogP contribution in [0.2, 0.25) is 0 Å². The van der Waals surface area contributed by atoms with Gasteiger partial charge in [-0.3, -0.25) is 0 Å². The van der Waals surface area contributed by atoms with Gasteiger partial charge in [-0.1, -0.05) is 0 Å². The normalized spacial score (nSPS) is 19.5. The second-order valence-corrected chi connectivity index (χ2v) is 3.58. The van der Waals surface area contributed by atoms with Gasteiger partial charge < -0.3 is 10.2 Å². The van der Waals surface area contributed by atoms with Crippen molar-refractivity contribution in [3.05, 3.63) is 11.8 Å². The summed E-state index contributed by atoms with van der Waals surface area (Å²) in [5.74, 6) is 1.34. The molecule has 1 fully saturated rings. The average Bonchev–Trinajstić information content (AvgIpc) is 2.60. The highest BCUT2D eigenvalue weighted by Gasteiger charge is 2.37. The highest BCUT2D eigenvalue weighted by molar-refractivity contribution is 5.00. The van der Waals surface area contributed by atoms with Crippen LogP contribution in [0.3, 0.4) is 0 Å². The summed E-state index contributed by atoms with van der Waals surface area (Å²) >= 11 is 0. The van der Waals surface area contributed by atoms with Gasteiger partial charge >= 0.3 is 0 Å². The molecule has 4 heteroatoms. The van der Waals surface area contributed by atoms with Crippen LogP contribution in [0.4, 0.5) is 0 Å². The summed E-state index contributed by atoms with van der Waals surface area (Å²) in [6.07, 6.45) is 4.06. The van der Waals surface area contributed by atoms with Crippen molar-refractivity contribution in [2.45, 2.75) is 38.1 Å². The Balaban J connectivity index is 1.87. The zero-order valence-corrected chi connectivity index (χ0v) is 7.21. The summed E-state index contributed by atoms with van der Waals surface area (Å²) in [5.41, 5.74) is 6.00. The Bertz CT molecular complexity index is 278. The molecule has 2 rings (SSSR count). The van der Waals surface area contributed by atoms with Crippen molar-refractivity contribution in [1.82, 2.24) is 10.2 Å². The second kappa shape index (κ2) is 2.55. The van der Waals surface area contributed by atoms with Gasteiger partial charge in [-0.15, -0.1) is 10.2 Å². The maximum absolute atomic E-state index is 5.91. The van der Waals surface area contributed by atoms with Gasteiger partial charge in [0.05, 0.1) is 0 Å². The fourth-order valence-electron chi connectivity index (χ4n) is 1.20. The minimum Gasteiger partial charge on any atom is -0.426 e. The molecule has 1 heterocycles. The molecule has 4 nitrogen and oxygen atoms in total. The molecule has 0 saturated heterocycles. The standard InChI is InChI=1S/C8H13N3O/c1-6-10-11-7(12-6)2-3-8(9)4-5-8/h2-5,9H2,1H3. The van der Waals surface area contributed by atoms with Crippen LogP contribution in [0.15, 0.2) is 4.42 Å². The summed E-state index contributed by atoms with van der Waals surface area (Å²) in [5, 5.41) is 7.65. The SMILES string of the molecule is Cc1nnc(CCC2(N)CC2)o1. The molecule has 1 aromatic heterocycles. The van der Waals surface area contributed by atoms with Gasteiger partial charge in [-0.05, 0) is 19.3 Å². The average molecular weight is 167 g/mol. The maximum atomic E-state index is 5.91. The first kappa shape index (κ1) is 7.73. The lowest BCUT2D eigenvalue weighted by Gasteiger charge is -2.03. The van der Waals surface area contributed by atoms with Crippen LogP contribution in [0.5, 0.6) is 0 Å². The Morgan fingerprint density at radius 2 is 2.25 bits per heavy atom. The zero-order valence-electron chi connectivity index (χ0n) is 7.21.